The average Bonchev–Trinajstić information content (AvgIpc) is 4.15. The van der Waals surface area contributed by atoms with Crippen molar-refractivity contribution in [3.8, 4) is 33.8 Å². The Labute approximate surface area is 334 Å². The highest BCUT2D eigenvalue weighted by atomic mass is 35.5. The van der Waals surface area contributed by atoms with Crippen molar-refractivity contribution in [2.24, 2.45) is 0 Å². The summed E-state index contributed by atoms with van der Waals surface area (Å²) in [6.07, 6.45) is 6.97. The molecule has 2 aliphatic carbocycles. The fraction of sp³-hybridized carbons (Fsp3) is 0.163. The van der Waals surface area contributed by atoms with Crippen LogP contribution >= 0.6 is 11.6 Å². The first-order valence-corrected chi connectivity index (χ1v) is 18.3. The lowest BCUT2D eigenvalue weighted by Gasteiger charge is -2.13. The van der Waals surface area contributed by atoms with Crippen LogP contribution < -0.4 is 20.1 Å². The number of nitrogens with zero attached hydrogens (tertiary/aromatic N) is 2. The number of aromatic nitrogens is 2. The van der Waals surface area contributed by atoms with Crippen molar-refractivity contribution in [2.75, 3.05) is 17.7 Å². The number of pyridine rings is 2. The lowest BCUT2D eigenvalue weighted by atomic mass is 10.0. The minimum atomic E-state index is -1.33. The van der Waals surface area contributed by atoms with Crippen molar-refractivity contribution < 1.29 is 46.8 Å². The van der Waals surface area contributed by atoms with Gasteiger partial charge in [0.15, 0.2) is 0 Å². The van der Waals surface area contributed by atoms with Gasteiger partial charge in [-0.2, -0.15) is 0 Å². The van der Waals surface area contributed by atoms with Gasteiger partial charge in [-0.3, -0.25) is 0 Å². The third kappa shape index (κ3) is 9.30. The molecule has 2 saturated carbocycles. The van der Waals surface area contributed by atoms with E-state index in [9.17, 15) is 37.4 Å². The standard InChI is InChI=1S/C24H20F2N2O3.C19H13ClF2N2O3/c25-20-10-15(14-2-1-3-18(8-14)31-17-6-7-17)11-21(26)22(20)28-23-19(24(29)30)9-16(12-27-23)13-4-5-13;1-27-13-4-2-3-10(5-13)11-6-15(21)17(16(22)7-11)24-18-14(19(25)26)8-12(20)9-23-18/h1-3,8-13,17H,4-7H2,(H,27,28)(H,29,30);2-9H,1H3,(H,23,24)(H,25,26). The second-order valence-corrected chi connectivity index (χ2v) is 14.0. The summed E-state index contributed by atoms with van der Waals surface area (Å²) >= 11 is 5.73. The summed E-state index contributed by atoms with van der Waals surface area (Å²) in [6.45, 7) is 0. The fourth-order valence-corrected chi connectivity index (χ4v) is 6.13. The summed E-state index contributed by atoms with van der Waals surface area (Å²) in [7, 11) is 1.49. The molecule has 0 amide bonds. The van der Waals surface area contributed by atoms with E-state index >= 15 is 0 Å². The molecule has 2 aliphatic rings. The van der Waals surface area contributed by atoms with E-state index in [1.807, 2.05) is 6.07 Å². The number of carbonyl (C=O) groups is 2. The molecule has 15 heteroatoms. The third-order valence-corrected chi connectivity index (χ3v) is 9.45. The van der Waals surface area contributed by atoms with E-state index in [1.165, 1.54) is 31.5 Å². The first kappa shape index (κ1) is 39.6. The van der Waals surface area contributed by atoms with Crippen LogP contribution in [-0.4, -0.2) is 45.3 Å². The molecule has 2 fully saturated rings. The molecule has 0 atom stereocenters. The Balaban J connectivity index is 0.000000179. The van der Waals surface area contributed by atoms with Crippen molar-refractivity contribution in [3.05, 3.63) is 142 Å². The van der Waals surface area contributed by atoms with Crippen LogP contribution in [-0.2, 0) is 0 Å². The molecule has 4 N–H and O–H groups in total. The number of carboxylic acids is 2. The number of hydrogen-bond donors (Lipinski definition) is 4. The van der Waals surface area contributed by atoms with Gasteiger partial charge in [-0.1, -0.05) is 35.9 Å². The number of aromatic carboxylic acids is 2. The van der Waals surface area contributed by atoms with Gasteiger partial charge in [0.25, 0.3) is 0 Å². The zero-order valence-corrected chi connectivity index (χ0v) is 31.3. The van der Waals surface area contributed by atoms with Gasteiger partial charge in [0.2, 0.25) is 0 Å². The highest BCUT2D eigenvalue weighted by Gasteiger charge is 2.27. The third-order valence-electron chi connectivity index (χ3n) is 9.24. The fourth-order valence-electron chi connectivity index (χ4n) is 5.97. The van der Waals surface area contributed by atoms with Crippen LogP contribution in [0.4, 0.5) is 40.6 Å². The molecule has 0 radical (unpaired) electrons. The van der Waals surface area contributed by atoms with Gasteiger partial charge in [-0.25, -0.2) is 37.1 Å². The molecule has 2 heterocycles. The Morgan fingerprint density at radius 3 is 1.62 bits per heavy atom. The number of methoxy groups -OCH3 is 1. The van der Waals surface area contributed by atoms with E-state index in [4.69, 9.17) is 21.1 Å². The zero-order valence-electron chi connectivity index (χ0n) is 30.5. The molecule has 0 aliphatic heterocycles. The van der Waals surface area contributed by atoms with E-state index in [1.54, 1.807) is 48.7 Å². The number of nitrogens with one attached hydrogen (secondary N) is 2. The highest BCUT2D eigenvalue weighted by molar-refractivity contribution is 6.30. The van der Waals surface area contributed by atoms with Gasteiger partial charge in [-0.05, 0) is 120 Å². The number of anilines is 4. The van der Waals surface area contributed by atoms with E-state index in [0.29, 0.717) is 39.7 Å². The number of ether oxygens (including phenoxy) is 2. The van der Waals surface area contributed by atoms with Gasteiger partial charge in [-0.15, -0.1) is 0 Å². The van der Waals surface area contributed by atoms with Crippen LogP contribution in [0.1, 0.15) is 57.9 Å². The number of halogens is 5. The Hall–Kier alpha value is -6.67. The summed E-state index contributed by atoms with van der Waals surface area (Å²) in [5.74, 6) is -4.82. The predicted octanol–water partition coefficient (Wildman–Crippen LogP) is 11.0. The topological polar surface area (TPSA) is 143 Å². The van der Waals surface area contributed by atoms with E-state index < -0.39 is 46.6 Å². The molecular formula is C43H33ClF4N4O6. The Bertz CT molecular complexity index is 2500. The average molecular weight is 813 g/mol. The van der Waals surface area contributed by atoms with Gasteiger partial charge >= 0.3 is 11.9 Å². The second kappa shape index (κ2) is 16.8. The summed E-state index contributed by atoms with van der Waals surface area (Å²) in [6, 6.07) is 21.2. The first-order valence-electron chi connectivity index (χ1n) is 17.9. The maximum atomic E-state index is 14.8. The molecule has 2 aromatic heterocycles. The van der Waals surface area contributed by atoms with Crippen molar-refractivity contribution in [1.29, 1.82) is 0 Å². The Kier molecular flexibility index (Phi) is 11.5. The van der Waals surface area contributed by atoms with Crippen LogP contribution in [0, 0.1) is 23.3 Å². The molecule has 8 rings (SSSR count). The van der Waals surface area contributed by atoms with E-state index in [-0.39, 0.29) is 33.9 Å². The van der Waals surface area contributed by atoms with Gasteiger partial charge < -0.3 is 30.3 Å². The first-order chi connectivity index (χ1) is 27.9. The quantitative estimate of drug-likeness (QED) is 0.0882. The van der Waals surface area contributed by atoms with Crippen molar-refractivity contribution in [3.63, 3.8) is 0 Å². The molecule has 0 saturated heterocycles. The number of rotatable bonds is 12. The summed E-state index contributed by atoms with van der Waals surface area (Å²) in [4.78, 5) is 30.9. The Morgan fingerprint density at radius 2 is 1.14 bits per heavy atom. The molecule has 0 bridgehead atoms. The molecular weight excluding hydrogens is 780 g/mol. The van der Waals surface area contributed by atoms with Crippen LogP contribution in [0.25, 0.3) is 22.3 Å². The van der Waals surface area contributed by atoms with Gasteiger partial charge in [0.05, 0.1) is 18.2 Å². The lowest BCUT2D eigenvalue weighted by Crippen LogP contribution is -2.08. The van der Waals surface area contributed by atoms with Crippen molar-refractivity contribution in [1.82, 2.24) is 9.97 Å². The predicted molar refractivity (Wildman–Crippen MR) is 210 cm³/mol. The molecule has 0 spiro atoms. The van der Waals surface area contributed by atoms with Crippen LogP contribution in [0.2, 0.25) is 5.02 Å². The zero-order chi connectivity index (χ0) is 41.1. The van der Waals surface area contributed by atoms with E-state index in [0.717, 1.165) is 49.4 Å². The monoisotopic (exact) mass is 812 g/mol. The molecule has 296 valence electrons. The normalized spacial score (nSPS) is 13.2. The molecule has 4 aromatic carbocycles. The van der Waals surface area contributed by atoms with Crippen LogP contribution in [0.15, 0.2) is 97.3 Å². The lowest BCUT2D eigenvalue weighted by molar-refractivity contribution is 0.0686. The molecule has 58 heavy (non-hydrogen) atoms. The van der Waals surface area contributed by atoms with Crippen LogP contribution in [0.5, 0.6) is 11.5 Å². The second-order valence-electron chi connectivity index (χ2n) is 13.6. The minimum Gasteiger partial charge on any atom is -0.497 e. The van der Waals surface area contributed by atoms with Gasteiger partial charge in [0.1, 0.15) is 68.9 Å². The minimum absolute atomic E-state index is 0.0901. The molecule has 0 unspecified atom stereocenters. The smallest absolute Gasteiger partial charge is 0.339 e. The van der Waals surface area contributed by atoms with E-state index in [2.05, 4.69) is 20.6 Å². The SMILES string of the molecule is COc1cccc(-c2cc(F)c(Nc3ncc(Cl)cc3C(=O)O)c(F)c2)c1.O=C(O)c1cc(C2CC2)cnc1Nc1c(F)cc(-c2cccc(OC3CC3)c2)cc1F. The van der Waals surface area contributed by atoms with Crippen molar-refractivity contribution >= 4 is 46.6 Å². The van der Waals surface area contributed by atoms with Crippen LogP contribution in [0.3, 0.4) is 0 Å². The highest BCUT2D eigenvalue weighted by Crippen LogP contribution is 2.41. The Morgan fingerprint density at radius 1 is 0.655 bits per heavy atom. The molecule has 10 nitrogen and oxygen atoms in total. The summed E-state index contributed by atoms with van der Waals surface area (Å²) in [5, 5.41) is 23.7. The van der Waals surface area contributed by atoms with Gasteiger partial charge in [0, 0.05) is 12.4 Å². The maximum Gasteiger partial charge on any atom is 0.339 e. The summed E-state index contributed by atoms with van der Waals surface area (Å²) in [5.41, 5.74) is 1.30. The number of carboxylic acid groups (broad SMARTS) is 2. The van der Waals surface area contributed by atoms with Crippen molar-refractivity contribution in [2.45, 2.75) is 37.7 Å². The number of hydrogen-bond acceptors (Lipinski definition) is 8. The summed E-state index contributed by atoms with van der Waals surface area (Å²) < 4.78 is 69.6. The molecule has 6 aromatic rings. The largest absolute Gasteiger partial charge is 0.497 e. The maximum absolute atomic E-state index is 14.8. The number of benzene rings is 4.